The molecule has 9 heteroatoms. The number of aromatic nitrogens is 2. The van der Waals surface area contributed by atoms with Gasteiger partial charge in [0.25, 0.3) is 5.91 Å². The van der Waals surface area contributed by atoms with Crippen LogP contribution in [0.25, 0.3) is 11.3 Å². The number of amides is 1. The molecule has 0 saturated carbocycles. The van der Waals surface area contributed by atoms with Gasteiger partial charge in [0.05, 0.1) is 16.5 Å². The first-order valence-electron chi connectivity index (χ1n) is 11.5. The number of carbonyl (C=O) groups excluding carboxylic acids is 1. The third-order valence-corrected chi connectivity index (χ3v) is 9.86. The van der Waals surface area contributed by atoms with Crippen molar-refractivity contribution >= 4 is 44.1 Å². The zero-order chi connectivity index (χ0) is 25.8. The number of nitrogens with zero attached hydrogens (tertiary/aromatic N) is 2. The number of pyridine rings is 1. The second-order valence-corrected chi connectivity index (χ2v) is 12.6. The van der Waals surface area contributed by atoms with E-state index in [9.17, 15) is 13.2 Å². The Kier molecular flexibility index (Phi) is 7.27. The van der Waals surface area contributed by atoms with Gasteiger partial charge in [-0.05, 0) is 71.5 Å². The number of nitrogens with one attached hydrogen (secondary N) is 1. The van der Waals surface area contributed by atoms with Crippen molar-refractivity contribution in [3.63, 3.8) is 0 Å². The molecule has 5 aromatic rings. The molecule has 0 radical (unpaired) electrons. The Morgan fingerprint density at radius 3 is 2.57 bits per heavy atom. The summed E-state index contributed by atoms with van der Waals surface area (Å²) in [5, 5.41) is 7.71. The number of hydrogen-bond acceptors (Lipinski definition) is 7. The van der Waals surface area contributed by atoms with Gasteiger partial charge in [-0.25, -0.2) is 13.4 Å². The molecular weight excluding hydrogens is 523 g/mol. The predicted octanol–water partition coefficient (Wildman–Crippen LogP) is 6.39. The molecule has 0 spiro atoms. The second-order valence-electron chi connectivity index (χ2n) is 8.53. The molecule has 6 nitrogen and oxygen atoms in total. The lowest BCUT2D eigenvalue weighted by atomic mass is 10.0. The standard InChI is InChI=1S/C28H23N3O3S3/c1-19-6-11-24(14-23(19)15-26-31-25(17-36-26)22-4-2-12-29-16-22)30-28(32)21-9-7-20(8-10-21)18-37(33,34)27-5-3-13-35-27/h2-14,16-17H,15,18H2,1H3,(H,30,32). The van der Waals surface area contributed by atoms with Crippen LogP contribution in [0.3, 0.4) is 0 Å². The first-order chi connectivity index (χ1) is 17.9. The molecule has 0 aliphatic carbocycles. The topological polar surface area (TPSA) is 89.0 Å². The first kappa shape index (κ1) is 25.0. The molecule has 1 amide bonds. The molecule has 0 saturated heterocycles. The van der Waals surface area contributed by atoms with Crippen molar-refractivity contribution in [2.24, 2.45) is 0 Å². The maximum absolute atomic E-state index is 12.9. The number of hydrogen-bond donors (Lipinski definition) is 1. The summed E-state index contributed by atoms with van der Waals surface area (Å²) >= 11 is 2.80. The van der Waals surface area contributed by atoms with Crippen LogP contribution in [-0.4, -0.2) is 24.3 Å². The molecule has 0 unspecified atom stereocenters. The van der Waals surface area contributed by atoms with Crippen molar-refractivity contribution in [2.45, 2.75) is 23.3 Å². The van der Waals surface area contributed by atoms with Crippen LogP contribution in [0.4, 0.5) is 5.69 Å². The van der Waals surface area contributed by atoms with E-state index in [1.807, 2.05) is 42.6 Å². The molecule has 0 atom stereocenters. The third-order valence-electron chi connectivity index (χ3n) is 5.83. The Balaban J connectivity index is 1.26. The van der Waals surface area contributed by atoms with Gasteiger partial charge in [0, 0.05) is 41.0 Å². The van der Waals surface area contributed by atoms with Crippen LogP contribution < -0.4 is 5.32 Å². The number of benzene rings is 2. The molecule has 5 rings (SSSR count). The van der Waals surface area contributed by atoms with E-state index < -0.39 is 9.84 Å². The van der Waals surface area contributed by atoms with E-state index in [-0.39, 0.29) is 11.7 Å². The van der Waals surface area contributed by atoms with Crippen LogP contribution in [0.2, 0.25) is 0 Å². The van der Waals surface area contributed by atoms with Crippen molar-refractivity contribution in [2.75, 3.05) is 5.32 Å². The van der Waals surface area contributed by atoms with Crippen LogP contribution in [0, 0.1) is 6.92 Å². The van der Waals surface area contributed by atoms with Crippen molar-refractivity contribution in [3.8, 4) is 11.3 Å². The molecule has 37 heavy (non-hydrogen) atoms. The van der Waals surface area contributed by atoms with Gasteiger partial charge in [-0.15, -0.1) is 22.7 Å². The van der Waals surface area contributed by atoms with Crippen molar-refractivity contribution in [3.05, 3.63) is 117 Å². The Morgan fingerprint density at radius 2 is 1.84 bits per heavy atom. The predicted molar refractivity (Wildman–Crippen MR) is 149 cm³/mol. The molecule has 0 aliphatic heterocycles. The van der Waals surface area contributed by atoms with Crippen LogP contribution >= 0.6 is 22.7 Å². The fourth-order valence-corrected chi connectivity index (χ4v) is 7.09. The first-order valence-corrected chi connectivity index (χ1v) is 14.9. The van der Waals surface area contributed by atoms with Gasteiger partial charge < -0.3 is 5.32 Å². The summed E-state index contributed by atoms with van der Waals surface area (Å²) in [4.78, 5) is 21.8. The second kappa shape index (κ2) is 10.8. The van der Waals surface area contributed by atoms with Crippen LogP contribution in [-0.2, 0) is 22.0 Å². The Labute approximate surface area is 223 Å². The highest BCUT2D eigenvalue weighted by molar-refractivity contribution is 7.92. The number of thiazole rings is 1. The van der Waals surface area contributed by atoms with Gasteiger partial charge >= 0.3 is 0 Å². The minimum atomic E-state index is -3.39. The van der Waals surface area contributed by atoms with E-state index in [2.05, 4.69) is 10.3 Å². The molecule has 186 valence electrons. The number of anilines is 1. The summed E-state index contributed by atoms with van der Waals surface area (Å²) < 4.78 is 25.4. The van der Waals surface area contributed by atoms with E-state index in [1.165, 1.54) is 11.3 Å². The number of sulfone groups is 1. The lowest BCUT2D eigenvalue weighted by molar-refractivity contribution is 0.102. The maximum Gasteiger partial charge on any atom is 0.255 e. The highest BCUT2D eigenvalue weighted by Crippen LogP contribution is 2.26. The van der Waals surface area contributed by atoms with Crippen LogP contribution in [0.1, 0.15) is 32.1 Å². The highest BCUT2D eigenvalue weighted by Gasteiger charge is 2.17. The van der Waals surface area contributed by atoms with E-state index >= 15 is 0 Å². The maximum atomic E-state index is 12.9. The molecule has 1 N–H and O–H groups in total. The van der Waals surface area contributed by atoms with E-state index in [0.717, 1.165) is 27.4 Å². The molecule has 0 bridgehead atoms. The van der Waals surface area contributed by atoms with E-state index in [4.69, 9.17) is 4.98 Å². The summed E-state index contributed by atoms with van der Waals surface area (Å²) in [6.07, 6.45) is 4.20. The summed E-state index contributed by atoms with van der Waals surface area (Å²) in [6.45, 7) is 2.04. The van der Waals surface area contributed by atoms with Gasteiger partial charge in [0.15, 0.2) is 9.84 Å². The number of aryl methyl sites for hydroxylation is 1. The van der Waals surface area contributed by atoms with Gasteiger partial charge in [0.1, 0.15) is 4.21 Å². The van der Waals surface area contributed by atoms with Gasteiger partial charge in [-0.3, -0.25) is 9.78 Å². The smallest absolute Gasteiger partial charge is 0.255 e. The molecule has 0 aliphatic rings. The average molecular weight is 546 g/mol. The minimum absolute atomic E-state index is 0.101. The lowest BCUT2D eigenvalue weighted by Crippen LogP contribution is -2.12. The van der Waals surface area contributed by atoms with E-state index in [0.29, 0.717) is 27.4 Å². The minimum Gasteiger partial charge on any atom is -0.322 e. The van der Waals surface area contributed by atoms with Crippen LogP contribution in [0.15, 0.2) is 94.1 Å². The zero-order valence-electron chi connectivity index (χ0n) is 19.9. The van der Waals surface area contributed by atoms with E-state index in [1.54, 1.807) is 65.5 Å². The van der Waals surface area contributed by atoms with Crippen molar-refractivity contribution in [1.29, 1.82) is 0 Å². The lowest BCUT2D eigenvalue weighted by Gasteiger charge is -2.10. The summed E-state index contributed by atoms with van der Waals surface area (Å²) in [7, 11) is -3.39. The van der Waals surface area contributed by atoms with Crippen molar-refractivity contribution in [1.82, 2.24) is 9.97 Å². The molecule has 0 fully saturated rings. The molecular formula is C28H23N3O3S3. The van der Waals surface area contributed by atoms with Crippen LogP contribution in [0.5, 0.6) is 0 Å². The normalized spacial score (nSPS) is 11.4. The molecule has 3 heterocycles. The zero-order valence-corrected chi connectivity index (χ0v) is 22.4. The Morgan fingerprint density at radius 1 is 1.00 bits per heavy atom. The van der Waals surface area contributed by atoms with Gasteiger partial charge in [-0.1, -0.05) is 24.3 Å². The quantitative estimate of drug-likeness (QED) is 0.244. The third kappa shape index (κ3) is 6.02. The molecule has 3 aromatic heterocycles. The summed E-state index contributed by atoms with van der Waals surface area (Å²) in [6, 6.07) is 19.7. The Bertz CT molecular complexity index is 1630. The van der Waals surface area contributed by atoms with Gasteiger partial charge in [-0.2, -0.15) is 0 Å². The number of thiophene rings is 1. The molecule has 2 aromatic carbocycles. The summed E-state index contributed by atoms with van der Waals surface area (Å²) in [5.41, 5.74) is 5.88. The fourth-order valence-electron chi connectivity index (χ4n) is 3.83. The SMILES string of the molecule is Cc1ccc(NC(=O)c2ccc(CS(=O)(=O)c3cccs3)cc2)cc1Cc1nc(-c2cccnc2)cs1. The largest absolute Gasteiger partial charge is 0.322 e. The fraction of sp³-hybridized carbons (Fsp3) is 0.107. The Hall–Kier alpha value is -3.66. The van der Waals surface area contributed by atoms with Crippen molar-refractivity contribution < 1.29 is 13.2 Å². The van der Waals surface area contributed by atoms with Gasteiger partial charge in [0.2, 0.25) is 0 Å². The average Bonchev–Trinajstić information content (AvgIpc) is 3.60. The number of rotatable bonds is 8. The monoisotopic (exact) mass is 545 g/mol. The summed E-state index contributed by atoms with van der Waals surface area (Å²) in [5.74, 6) is -0.355. The highest BCUT2D eigenvalue weighted by atomic mass is 32.2. The number of carbonyl (C=O) groups is 1.